The number of ether oxygens (including phenoxy) is 2. The van der Waals surface area contributed by atoms with Gasteiger partial charge in [-0.1, -0.05) is 6.07 Å². The molecule has 114 valence electrons. The lowest BCUT2D eigenvalue weighted by Gasteiger charge is -2.07. The van der Waals surface area contributed by atoms with Gasteiger partial charge in [0.25, 0.3) is 0 Å². The van der Waals surface area contributed by atoms with E-state index < -0.39 is 0 Å². The molecule has 1 aromatic carbocycles. The SMILES string of the molecule is CCNc1oc(C=Cc2ccc(OC)c(OC)c2)nc1C#N. The lowest BCUT2D eigenvalue weighted by Crippen LogP contribution is -1.96. The minimum absolute atomic E-state index is 0.244. The van der Waals surface area contributed by atoms with Gasteiger partial charge in [-0.25, -0.2) is 0 Å². The Morgan fingerprint density at radius 3 is 2.68 bits per heavy atom. The lowest BCUT2D eigenvalue weighted by atomic mass is 10.2. The summed E-state index contributed by atoms with van der Waals surface area (Å²) in [5.41, 5.74) is 1.15. The van der Waals surface area contributed by atoms with E-state index >= 15 is 0 Å². The second-order valence-corrected chi connectivity index (χ2v) is 4.32. The molecule has 0 saturated carbocycles. The monoisotopic (exact) mass is 299 g/mol. The van der Waals surface area contributed by atoms with Gasteiger partial charge in [0, 0.05) is 12.6 Å². The molecule has 0 spiro atoms. The number of rotatable bonds is 6. The molecular weight excluding hydrogens is 282 g/mol. The number of nitrogens with one attached hydrogen (secondary N) is 1. The fourth-order valence-corrected chi connectivity index (χ4v) is 1.89. The molecule has 2 aromatic rings. The lowest BCUT2D eigenvalue weighted by molar-refractivity contribution is 0.355. The molecule has 0 aliphatic rings. The highest BCUT2D eigenvalue weighted by Gasteiger charge is 2.10. The molecule has 0 bridgehead atoms. The van der Waals surface area contributed by atoms with Gasteiger partial charge in [-0.15, -0.1) is 0 Å². The first-order valence-corrected chi connectivity index (χ1v) is 6.76. The summed E-state index contributed by atoms with van der Waals surface area (Å²) >= 11 is 0. The second kappa shape index (κ2) is 7.18. The first kappa shape index (κ1) is 15.4. The summed E-state index contributed by atoms with van der Waals surface area (Å²) in [6.45, 7) is 2.57. The Bertz CT molecular complexity index is 714. The van der Waals surface area contributed by atoms with Crippen molar-refractivity contribution in [2.45, 2.75) is 6.92 Å². The zero-order valence-corrected chi connectivity index (χ0v) is 12.7. The van der Waals surface area contributed by atoms with E-state index in [1.807, 2.05) is 37.3 Å². The predicted octanol–water partition coefficient (Wildman–Crippen LogP) is 3.17. The molecule has 0 radical (unpaired) electrons. The first-order chi connectivity index (χ1) is 10.7. The first-order valence-electron chi connectivity index (χ1n) is 6.76. The highest BCUT2D eigenvalue weighted by molar-refractivity contribution is 5.68. The van der Waals surface area contributed by atoms with E-state index in [-0.39, 0.29) is 5.69 Å². The van der Waals surface area contributed by atoms with Gasteiger partial charge in [0.15, 0.2) is 11.5 Å². The van der Waals surface area contributed by atoms with Crippen LogP contribution in [0.1, 0.15) is 24.1 Å². The van der Waals surface area contributed by atoms with Crippen LogP contribution in [0.4, 0.5) is 5.88 Å². The second-order valence-electron chi connectivity index (χ2n) is 4.32. The molecule has 2 rings (SSSR count). The van der Waals surface area contributed by atoms with Crippen molar-refractivity contribution >= 4 is 18.0 Å². The minimum atomic E-state index is 0.244. The Kier molecular flexibility index (Phi) is 5.04. The smallest absolute Gasteiger partial charge is 0.232 e. The Hall–Kier alpha value is -2.94. The number of aromatic nitrogens is 1. The summed E-state index contributed by atoms with van der Waals surface area (Å²) in [7, 11) is 3.17. The average Bonchev–Trinajstić information content (AvgIpc) is 2.95. The van der Waals surface area contributed by atoms with Crippen LogP contribution in [0, 0.1) is 11.3 Å². The summed E-state index contributed by atoms with van der Waals surface area (Å²) in [4.78, 5) is 4.11. The number of oxazole rings is 1. The topological polar surface area (TPSA) is 80.3 Å². The number of hydrogen-bond donors (Lipinski definition) is 1. The van der Waals surface area contributed by atoms with Crippen LogP contribution in [-0.4, -0.2) is 25.7 Å². The molecule has 1 heterocycles. The van der Waals surface area contributed by atoms with Crippen molar-refractivity contribution in [2.75, 3.05) is 26.1 Å². The summed E-state index contributed by atoms with van der Waals surface area (Å²) < 4.78 is 15.9. The third kappa shape index (κ3) is 3.38. The Labute approximate surface area is 129 Å². The number of nitrogens with zero attached hydrogens (tertiary/aromatic N) is 2. The average molecular weight is 299 g/mol. The van der Waals surface area contributed by atoms with Crippen LogP contribution in [0.2, 0.25) is 0 Å². The maximum absolute atomic E-state index is 9.00. The van der Waals surface area contributed by atoms with Gasteiger partial charge in [0.05, 0.1) is 14.2 Å². The van der Waals surface area contributed by atoms with E-state index in [0.717, 1.165) is 5.56 Å². The molecule has 6 nitrogen and oxygen atoms in total. The van der Waals surface area contributed by atoms with Crippen LogP contribution in [0.3, 0.4) is 0 Å². The zero-order valence-electron chi connectivity index (χ0n) is 12.7. The van der Waals surface area contributed by atoms with E-state index in [4.69, 9.17) is 19.2 Å². The van der Waals surface area contributed by atoms with Crippen LogP contribution in [0.15, 0.2) is 22.6 Å². The maximum Gasteiger partial charge on any atom is 0.232 e. The van der Waals surface area contributed by atoms with Crippen molar-refractivity contribution in [1.82, 2.24) is 4.98 Å². The van der Waals surface area contributed by atoms with Crippen molar-refractivity contribution in [3.05, 3.63) is 35.3 Å². The molecule has 1 aromatic heterocycles. The Balaban J connectivity index is 2.23. The third-order valence-electron chi connectivity index (χ3n) is 2.91. The van der Waals surface area contributed by atoms with Crippen LogP contribution >= 0.6 is 0 Å². The van der Waals surface area contributed by atoms with Crippen LogP contribution in [0.25, 0.3) is 12.2 Å². The Morgan fingerprint density at radius 1 is 1.27 bits per heavy atom. The summed E-state index contributed by atoms with van der Waals surface area (Å²) in [5.74, 6) is 2.05. The van der Waals surface area contributed by atoms with Crippen LogP contribution < -0.4 is 14.8 Å². The molecule has 1 N–H and O–H groups in total. The summed E-state index contributed by atoms with van der Waals surface area (Å²) in [6.07, 6.45) is 3.52. The van der Waals surface area contributed by atoms with Crippen molar-refractivity contribution in [3.63, 3.8) is 0 Å². The van der Waals surface area contributed by atoms with E-state index in [1.54, 1.807) is 20.3 Å². The third-order valence-corrected chi connectivity index (χ3v) is 2.91. The Morgan fingerprint density at radius 2 is 2.05 bits per heavy atom. The summed E-state index contributed by atoms with van der Waals surface area (Å²) in [5, 5.41) is 12.0. The molecule has 0 aliphatic heterocycles. The minimum Gasteiger partial charge on any atom is -0.493 e. The highest BCUT2D eigenvalue weighted by atomic mass is 16.5. The van der Waals surface area contributed by atoms with Crippen LogP contribution in [-0.2, 0) is 0 Å². The summed E-state index contributed by atoms with van der Waals surface area (Å²) in [6, 6.07) is 7.54. The fourth-order valence-electron chi connectivity index (χ4n) is 1.89. The largest absolute Gasteiger partial charge is 0.493 e. The molecule has 22 heavy (non-hydrogen) atoms. The van der Waals surface area contributed by atoms with Crippen molar-refractivity contribution in [3.8, 4) is 17.6 Å². The van der Waals surface area contributed by atoms with Gasteiger partial charge in [-0.05, 0) is 30.7 Å². The van der Waals surface area contributed by atoms with Gasteiger partial charge in [0.1, 0.15) is 6.07 Å². The van der Waals surface area contributed by atoms with Crippen molar-refractivity contribution in [2.24, 2.45) is 0 Å². The van der Waals surface area contributed by atoms with E-state index in [0.29, 0.717) is 29.8 Å². The number of anilines is 1. The van der Waals surface area contributed by atoms with Gasteiger partial charge in [-0.3, -0.25) is 0 Å². The molecule has 0 atom stereocenters. The molecule has 0 aliphatic carbocycles. The standard InChI is InChI=1S/C16H17N3O3/c1-4-18-16-12(10-17)19-15(22-16)8-6-11-5-7-13(20-2)14(9-11)21-3/h5-9,18H,4H2,1-3H3. The van der Waals surface area contributed by atoms with E-state index in [2.05, 4.69) is 10.3 Å². The molecule has 0 amide bonds. The molecule has 0 fully saturated rings. The quantitative estimate of drug-likeness (QED) is 0.882. The van der Waals surface area contributed by atoms with Gasteiger partial charge in [0.2, 0.25) is 17.5 Å². The van der Waals surface area contributed by atoms with Gasteiger partial charge < -0.3 is 19.2 Å². The van der Waals surface area contributed by atoms with Crippen molar-refractivity contribution in [1.29, 1.82) is 5.26 Å². The highest BCUT2D eigenvalue weighted by Crippen LogP contribution is 2.28. The normalized spacial score (nSPS) is 10.5. The number of benzene rings is 1. The van der Waals surface area contributed by atoms with Crippen molar-refractivity contribution < 1.29 is 13.9 Å². The van der Waals surface area contributed by atoms with Gasteiger partial charge >= 0.3 is 0 Å². The fraction of sp³-hybridized carbons (Fsp3) is 0.250. The molecular formula is C16H17N3O3. The number of methoxy groups -OCH3 is 2. The maximum atomic E-state index is 9.00. The number of nitriles is 1. The molecule has 0 saturated heterocycles. The van der Waals surface area contributed by atoms with Gasteiger partial charge in [-0.2, -0.15) is 10.2 Å². The van der Waals surface area contributed by atoms with E-state index in [9.17, 15) is 0 Å². The zero-order chi connectivity index (χ0) is 15.9. The predicted molar refractivity (Wildman–Crippen MR) is 83.9 cm³/mol. The van der Waals surface area contributed by atoms with E-state index in [1.165, 1.54) is 0 Å². The molecule has 6 heteroatoms. The van der Waals surface area contributed by atoms with Crippen LogP contribution in [0.5, 0.6) is 11.5 Å². The number of hydrogen-bond acceptors (Lipinski definition) is 6. The molecule has 0 unspecified atom stereocenters.